The van der Waals surface area contributed by atoms with Gasteiger partial charge >= 0.3 is 6.18 Å². The molecule has 0 unspecified atom stereocenters. The van der Waals surface area contributed by atoms with Crippen LogP contribution in [0.4, 0.5) is 13.2 Å². The molecule has 0 aliphatic rings. The Labute approximate surface area is 98.1 Å². The SMILES string of the molecule is CCc1c(C(F)(F)F)ccc2cccc(C)c12. The van der Waals surface area contributed by atoms with E-state index in [1.54, 1.807) is 13.0 Å². The minimum Gasteiger partial charge on any atom is -0.166 e. The third kappa shape index (κ3) is 2.02. The van der Waals surface area contributed by atoms with Crippen LogP contribution in [0.3, 0.4) is 0 Å². The van der Waals surface area contributed by atoms with Gasteiger partial charge in [-0.2, -0.15) is 13.2 Å². The molecule has 0 bridgehead atoms. The number of halogens is 3. The summed E-state index contributed by atoms with van der Waals surface area (Å²) in [4.78, 5) is 0. The topological polar surface area (TPSA) is 0 Å². The molecule has 2 aromatic rings. The normalized spacial score (nSPS) is 12.1. The second kappa shape index (κ2) is 4.06. The molecule has 0 fully saturated rings. The van der Waals surface area contributed by atoms with Gasteiger partial charge in [0.05, 0.1) is 5.56 Å². The largest absolute Gasteiger partial charge is 0.416 e. The van der Waals surface area contributed by atoms with Gasteiger partial charge in [-0.1, -0.05) is 31.2 Å². The van der Waals surface area contributed by atoms with Crippen LogP contribution in [0.5, 0.6) is 0 Å². The molecule has 0 nitrogen and oxygen atoms in total. The van der Waals surface area contributed by atoms with Crippen LogP contribution in [0.1, 0.15) is 23.6 Å². The molecule has 0 atom stereocenters. The van der Waals surface area contributed by atoms with Crippen molar-refractivity contribution in [2.45, 2.75) is 26.4 Å². The molecule has 0 saturated carbocycles. The van der Waals surface area contributed by atoms with Gasteiger partial charge in [0.1, 0.15) is 0 Å². The van der Waals surface area contributed by atoms with E-state index in [9.17, 15) is 13.2 Å². The Morgan fingerprint density at radius 2 is 1.76 bits per heavy atom. The third-order valence-electron chi connectivity index (χ3n) is 3.02. The van der Waals surface area contributed by atoms with Crippen molar-refractivity contribution in [3.8, 4) is 0 Å². The fraction of sp³-hybridized carbons (Fsp3) is 0.286. The average Bonchev–Trinajstić information content (AvgIpc) is 2.26. The van der Waals surface area contributed by atoms with Crippen molar-refractivity contribution in [3.63, 3.8) is 0 Å². The molecular formula is C14H13F3. The molecule has 0 amide bonds. The Morgan fingerprint density at radius 1 is 1.06 bits per heavy atom. The molecule has 0 N–H and O–H groups in total. The fourth-order valence-electron chi connectivity index (χ4n) is 2.28. The van der Waals surface area contributed by atoms with Crippen LogP contribution in [0.15, 0.2) is 30.3 Å². The predicted molar refractivity (Wildman–Crippen MR) is 63.1 cm³/mol. The number of benzene rings is 2. The summed E-state index contributed by atoms with van der Waals surface area (Å²) in [6.07, 6.45) is -3.89. The van der Waals surface area contributed by atoms with Crippen LogP contribution in [0.2, 0.25) is 0 Å². The predicted octanol–water partition coefficient (Wildman–Crippen LogP) is 4.73. The van der Waals surface area contributed by atoms with E-state index in [-0.39, 0.29) is 0 Å². The lowest BCUT2D eigenvalue weighted by molar-refractivity contribution is -0.138. The smallest absolute Gasteiger partial charge is 0.166 e. The van der Waals surface area contributed by atoms with Crippen molar-refractivity contribution in [1.29, 1.82) is 0 Å². The van der Waals surface area contributed by atoms with E-state index in [4.69, 9.17) is 0 Å². The summed E-state index contributed by atoms with van der Waals surface area (Å²) in [5, 5.41) is 1.61. The third-order valence-corrected chi connectivity index (χ3v) is 3.02. The summed E-state index contributed by atoms with van der Waals surface area (Å²) in [6.45, 7) is 3.61. The lowest BCUT2D eigenvalue weighted by Crippen LogP contribution is -2.09. The Hall–Kier alpha value is -1.51. The standard InChI is InChI=1S/C14H13F3/c1-3-11-12(14(15,16)17)8-7-10-6-4-5-9(2)13(10)11/h4-8H,3H2,1-2H3. The second-order valence-corrected chi connectivity index (χ2v) is 4.12. The average molecular weight is 238 g/mol. The van der Waals surface area contributed by atoms with Gasteiger partial charge in [0, 0.05) is 0 Å². The van der Waals surface area contributed by atoms with Crippen molar-refractivity contribution in [3.05, 3.63) is 47.0 Å². The number of aryl methyl sites for hydroxylation is 2. The Kier molecular flexibility index (Phi) is 2.86. The summed E-state index contributed by atoms with van der Waals surface area (Å²) in [7, 11) is 0. The molecule has 0 spiro atoms. The zero-order valence-corrected chi connectivity index (χ0v) is 9.73. The van der Waals surface area contributed by atoms with E-state index < -0.39 is 11.7 Å². The molecule has 2 rings (SSSR count). The first-order chi connectivity index (χ1) is 7.95. The van der Waals surface area contributed by atoms with Gasteiger partial charge in [-0.3, -0.25) is 0 Å². The van der Waals surface area contributed by atoms with Gasteiger partial charge in [-0.25, -0.2) is 0 Å². The molecular weight excluding hydrogens is 225 g/mol. The van der Waals surface area contributed by atoms with Crippen molar-refractivity contribution in [2.75, 3.05) is 0 Å². The monoisotopic (exact) mass is 238 g/mol. The quantitative estimate of drug-likeness (QED) is 0.673. The highest BCUT2D eigenvalue weighted by atomic mass is 19.4. The first-order valence-electron chi connectivity index (χ1n) is 5.53. The number of alkyl halides is 3. The van der Waals surface area contributed by atoms with Gasteiger partial charge in [-0.15, -0.1) is 0 Å². The summed E-state index contributed by atoms with van der Waals surface area (Å²) >= 11 is 0. The Morgan fingerprint density at radius 3 is 2.35 bits per heavy atom. The number of hydrogen-bond acceptors (Lipinski definition) is 0. The highest BCUT2D eigenvalue weighted by molar-refractivity contribution is 5.89. The second-order valence-electron chi connectivity index (χ2n) is 4.12. The fourth-order valence-corrected chi connectivity index (χ4v) is 2.28. The highest BCUT2D eigenvalue weighted by Gasteiger charge is 2.33. The zero-order chi connectivity index (χ0) is 12.6. The van der Waals surface area contributed by atoms with Crippen LogP contribution in [0.25, 0.3) is 10.8 Å². The maximum Gasteiger partial charge on any atom is 0.416 e. The molecule has 0 aliphatic heterocycles. The Balaban J connectivity index is 2.86. The van der Waals surface area contributed by atoms with Gasteiger partial charge in [0.2, 0.25) is 0 Å². The van der Waals surface area contributed by atoms with Crippen molar-refractivity contribution in [2.24, 2.45) is 0 Å². The van der Waals surface area contributed by atoms with Crippen LogP contribution in [0, 0.1) is 6.92 Å². The van der Waals surface area contributed by atoms with Crippen molar-refractivity contribution < 1.29 is 13.2 Å². The minimum absolute atomic E-state index is 0.386. The maximum atomic E-state index is 12.9. The first-order valence-corrected chi connectivity index (χ1v) is 5.53. The van der Waals surface area contributed by atoms with Crippen LogP contribution in [-0.4, -0.2) is 0 Å². The first kappa shape index (κ1) is 12.0. The summed E-state index contributed by atoms with van der Waals surface area (Å²) < 4.78 is 38.7. The molecule has 0 aliphatic carbocycles. The van der Waals surface area contributed by atoms with E-state index in [0.717, 1.165) is 16.3 Å². The van der Waals surface area contributed by atoms with Gasteiger partial charge in [-0.05, 0) is 41.3 Å². The van der Waals surface area contributed by atoms with Crippen molar-refractivity contribution >= 4 is 10.8 Å². The lowest BCUT2D eigenvalue weighted by Gasteiger charge is -2.15. The zero-order valence-electron chi connectivity index (χ0n) is 9.73. The van der Waals surface area contributed by atoms with E-state index in [1.165, 1.54) is 6.07 Å². The van der Waals surface area contributed by atoms with E-state index in [0.29, 0.717) is 12.0 Å². The molecule has 0 radical (unpaired) electrons. The molecule has 0 saturated heterocycles. The van der Waals surface area contributed by atoms with E-state index in [2.05, 4.69) is 0 Å². The molecule has 2 aromatic carbocycles. The molecule has 3 heteroatoms. The summed E-state index contributed by atoms with van der Waals surface area (Å²) in [5.74, 6) is 0. The van der Waals surface area contributed by atoms with Crippen molar-refractivity contribution in [1.82, 2.24) is 0 Å². The van der Waals surface area contributed by atoms with Crippen LogP contribution < -0.4 is 0 Å². The number of hydrogen-bond donors (Lipinski definition) is 0. The van der Waals surface area contributed by atoms with Gasteiger partial charge < -0.3 is 0 Å². The molecule has 0 aromatic heterocycles. The lowest BCUT2D eigenvalue weighted by atomic mass is 9.94. The van der Waals surface area contributed by atoms with E-state index >= 15 is 0 Å². The summed E-state index contributed by atoms with van der Waals surface area (Å²) in [5.41, 5.74) is 0.778. The number of fused-ring (bicyclic) bond motifs is 1. The van der Waals surface area contributed by atoms with Crippen LogP contribution >= 0.6 is 0 Å². The maximum absolute atomic E-state index is 12.9. The number of rotatable bonds is 1. The summed E-state index contributed by atoms with van der Waals surface area (Å²) in [6, 6.07) is 8.29. The highest BCUT2D eigenvalue weighted by Crippen LogP contribution is 2.36. The Bertz CT molecular complexity index is 553. The van der Waals surface area contributed by atoms with Gasteiger partial charge in [0.15, 0.2) is 0 Å². The molecule has 0 heterocycles. The minimum atomic E-state index is -4.28. The van der Waals surface area contributed by atoms with Gasteiger partial charge in [0.25, 0.3) is 0 Å². The van der Waals surface area contributed by atoms with E-state index in [1.807, 2.05) is 25.1 Å². The molecule has 90 valence electrons. The molecule has 17 heavy (non-hydrogen) atoms. The van der Waals surface area contributed by atoms with Crippen LogP contribution in [-0.2, 0) is 12.6 Å².